The van der Waals surface area contributed by atoms with Gasteiger partial charge >= 0.3 is 12.1 Å². The highest BCUT2D eigenvalue weighted by Crippen LogP contribution is 2.43. The van der Waals surface area contributed by atoms with E-state index in [9.17, 15) is 9.59 Å². The van der Waals surface area contributed by atoms with Gasteiger partial charge in [0.1, 0.15) is 11.1 Å². The monoisotopic (exact) mass is 447 g/mol. The van der Waals surface area contributed by atoms with E-state index in [1.54, 1.807) is 20.8 Å². The molecule has 0 unspecified atom stereocenters. The number of halogens is 1. The number of likely N-dealkylation sites (tertiary alicyclic amines) is 1. The number of alkyl halides is 1. The van der Waals surface area contributed by atoms with Gasteiger partial charge in [-0.25, -0.2) is 9.59 Å². The van der Waals surface area contributed by atoms with Crippen LogP contribution in [0.15, 0.2) is 12.2 Å². The molecule has 1 fully saturated rings. The van der Waals surface area contributed by atoms with Crippen LogP contribution in [-0.2, 0) is 18.7 Å². The molecule has 8 heteroatoms. The van der Waals surface area contributed by atoms with E-state index in [0.717, 1.165) is 0 Å². The molecule has 0 aromatic carbocycles. The summed E-state index contributed by atoms with van der Waals surface area (Å²) < 4.78 is 17.3. The number of carbonyl (C=O) groups excluding carboxylic acids is 2. The number of esters is 1. The van der Waals surface area contributed by atoms with Gasteiger partial charge in [-0.3, -0.25) is 4.90 Å². The summed E-state index contributed by atoms with van der Waals surface area (Å²) >= 11 is 5.97. The Labute approximate surface area is 182 Å². The summed E-state index contributed by atoms with van der Waals surface area (Å²) in [6, 6.07) is 0. The van der Waals surface area contributed by atoms with Crippen LogP contribution in [0.3, 0.4) is 0 Å². The van der Waals surface area contributed by atoms with Gasteiger partial charge in [0.15, 0.2) is 8.32 Å². The molecule has 29 heavy (non-hydrogen) atoms. The number of hydrogen-bond donors (Lipinski definition) is 0. The van der Waals surface area contributed by atoms with Crippen LogP contribution in [0, 0.1) is 0 Å². The van der Waals surface area contributed by atoms with Gasteiger partial charge < -0.3 is 13.9 Å². The van der Waals surface area contributed by atoms with Gasteiger partial charge in [-0.2, -0.15) is 0 Å². The van der Waals surface area contributed by atoms with Crippen molar-refractivity contribution in [2.24, 2.45) is 0 Å². The molecule has 2 atom stereocenters. The third-order valence-corrected chi connectivity index (χ3v) is 10.6. The summed E-state index contributed by atoms with van der Waals surface area (Å²) in [5.74, 6) is -0.315. The molecule has 0 N–H and O–H groups in total. The third-order valence-electron chi connectivity index (χ3n) is 5.65. The van der Waals surface area contributed by atoms with Gasteiger partial charge in [0, 0.05) is 18.7 Å². The zero-order chi connectivity index (χ0) is 22.8. The number of ether oxygens (including phenoxy) is 2. The van der Waals surface area contributed by atoms with E-state index in [0.29, 0.717) is 12.0 Å². The van der Waals surface area contributed by atoms with E-state index in [-0.39, 0.29) is 30.0 Å². The van der Waals surface area contributed by atoms with E-state index >= 15 is 0 Å². The molecular formula is C21H38ClNO5Si. The average Bonchev–Trinajstić information content (AvgIpc) is 2.89. The Morgan fingerprint density at radius 3 is 2.17 bits per heavy atom. The molecule has 1 heterocycles. The van der Waals surface area contributed by atoms with Gasteiger partial charge in [0.2, 0.25) is 0 Å². The molecule has 1 aliphatic rings. The molecule has 0 saturated carbocycles. The lowest BCUT2D eigenvalue weighted by Gasteiger charge is -2.38. The molecule has 0 radical (unpaired) electrons. The molecule has 1 rings (SSSR count). The van der Waals surface area contributed by atoms with Gasteiger partial charge in [-0.15, -0.1) is 11.6 Å². The summed E-state index contributed by atoms with van der Waals surface area (Å²) in [5.41, 5.74) is -1.28. The Morgan fingerprint density at radius 1 is 1.21 bits per heavy atom. The Bertz CT molecular complexity index is 638. The summed E-state index contributed by atoms with van der Waals surface area (Å²) in [6.07, 6.45) is -0.335. The van der Waals surface area contributed by atoms with E-state index in [1.165, 1.54) is 12.0 Å². The Kier molecular flexibility index (Phi) is 8.05. The molecular weight excluding hydrogens is 410 g/mol. The molecule has 0 spiro atoms. The number of methoxy groups -OCH3 is 1. The average molecular weight is 448 g/mol. The molecule has 1 saturated heterocycles. The molecule has 0 aromatic rings. The Hall–Kier alpha value is -1.05. The van der Waals surface area contributed by atoms with Crippen LogP contribution < -0.4 is 0 Å². The maximum atomic E-state index is 13.1. The second kappa shape index (κ2) is 8.98. The van der Waals surface area contributed by atoms with E-state index < -0.39 is 31.5 Å². The van der Waals surface area contributed by atoms with Crippen molar-refractivity contribution in [3.8, 4) is 0 Å². The molecule has 0 aromatic heterocycles. The van der Waals surface area contributed by atoms with Gasteiger partial charge in [0.25, 0.3) is 0 Å². The summed E-state index contributed by atoms with van der Waals surface area (Å²) in [7, 11) is -0.794. The van der Waals surface area contributed by atoms with Crippen molar-refractivity contribution in [1.82, 2.24) is 4.90 Å². The summed E-state index contributed by atoms with van der Waals surface area (Å²) in [6.45, 7) is 20.4. The third kappa shape index (κ3) is 6.21. The smallest absolute Gasteiger partial charge is 0.411 e. The van der Waals surface area contributed by atoms with Crippen molar-refractivity contribution >= 4 is 32.0 Å². The normalized spacial score (nSPS) is 23.1. The van der Waals surface area contributed by atoms with Crippen LogP contribution in [0.25, 0.3) is 0 Å². The maximum Gasteiger partial charge on any atom is 0.411 e. The highest BCUT2D eigenvalue weighted by Gasteiger charge is 2.57. The maximum absolute atomic E-state index is 13.1. The zero-order valence-electron chi connectivity index (χ0n) is 19.5. The molecule has 1 aliphatic heterocycles. The van der Waals surface area contributed by atoms with Gasteiger partial charge in [-0.1, -0.05) is 32.9 Å². The first-order valence-corrected chi connectivity index (χ1v) is 13.4. The fourth-order valence-corrected chi connectivity index (χ4v) is 4.69. The minimum absolute atomic E-state index is 0.000000433. The number of amides is 1. The standard InChI is InChI=1S/C21H38ClNO5Si/c1-15(13-22)11-21(17(24)26-8)12-16(28-29(9,10)20(5,6)7)14-23(21)18(25)27-19(2,3)4/h16H,1,11-14H2,2-10H3/t16-,21-/m0/s1. The van der Waals surface area contributed by atoms with Crippen LogP contribution in [0.1, 0.15) is 54.4 Å². The van der Waals surface area contributed by atoms with Crippen molar-refractivity contribution < 1.29 is 23.5 Å². The largest absolute Gasteiger partial charge is 0.467 e. The van der Waals surface area contributed by atoms with Crippen molar-refractivity contribution in [3.63, 3.8) is 0 Å². The number of hydrogen-bond acceptors (Lipinski definition) is 5. The predicted octanol–water partition coefficient (Wildman–Crippen LogP) is 5.11. The first kappa shape index (κ1) is 26.0. The number of nitrogens with zero attached hydrogens (tertiary/aromatic N) is 1. The quantitative estimate of drug-likeness (QED) is 0.245. The van der Waals surface area contributed by atoms with Crippen LogP contribution in [-0.4, -0.2) is 62.1 Å². The molecule has 1 amide bonds. The van der Waals surface area contributed by atoms with E-state index in [2.05, 4.69) is 40.4 Å². The highest BCUT2D eigenvalue weighted by atomic mass is 35.5. The lowest BCUT2D eigenvalue weighted by molar-refractivity contribution is -0.153. The molecule has 0 aliphatic carbocycles. The van der Waals surface area contributed by atoms with Crippen LogP contribution >= 0.6 is 11.6 Å². The van der Waals surface area contributed by atoms with Crippen molar-refractivity contribution in [2.75, 3.05) is 19.5 Å². The second-order valence-electron chi connectivity index (χ2n) is 10.4. The first-order valence-electron chi connectivity index (χ1n) is 9.98. The first-order chi connectivity index (χ1) is 13.0. The van der Waals surface area contributed by atoms with Crippen LogP contribution in [0.2, 0.25) is 18.1 Å². The van der Waals surface area contributed by atoms with E-state index in [1.807, 2.05) is 0 Å². The van der Waals surface area contributed by atoms with Crippen LogP contribution in [0.5, 0.6) is 0 Å². The van der Waals surface area contributed by atoms with Crippen molar-refractivity contribution in [3.05, 3.63) is 12.2 Å². The number of rotatable bonds is 6. The van der Waals surface area contributed by atoms with Gasteiger partial charge in [-0.05, 0) is 38.9 Å². The summed E-state index contributed by atoms with van der Waals surface area (Å²) in [5, 5.41) is -0.000000433. The van der Waals surface area contributed by atoms with E-state index in [4.69, 9.17) is 25.5 Å². The van der Waals surface area contributed by atoms with Crippen LogP contribution in [0.4, 0.5) is 4.79 Å². The second-order valence-corrected chi connectivity index (χ2v) is 15.4. The predicted molar refractivity (Wildman–Crippen MR) is 119 cm³/mol. The minimum Gasteiger partial charge on any atom is -0.467 e. The lowest BCUT2D eigenvalue weighted by Crippen LogP contribution is -2.55. The topological polar surface area (TPSA) is 65.1 Å². The molecule has 0 bridgehead atoms. The summed E-state index contributed by atoms with van der Waals surface area (Å²) in [4.78, 5) is 27.5. The number of carbonyl (C=O) groups is 2. The molecule has 168 valence electrons. The highest BCUT2D eigenvalue weighted by molar-refractivity contribution is 6.74. The lowest BCUT2D eigenvalue weighted by atomic mass is 9.88. The minimum atomic E-state index is -2.12. The van der Waals surface area contributed by atoms with Crippen molar-refractivity contribution in [2.45, 2.75) is 89.8 Å². The zero-order valence-corrected chi connectivity index (χ0v) is 21.2. The fourth-order valence-electron chi connectivity index (χ4n) is 3.25. The van der Waals surface area contributed by atoms with Gasteiger partial charge in [0.05, 0.1) is 19.8 Å². The fraction of sp³-hybridized carbons (Fsp3) is 0.810. The Balaban J connectivity index is 3.35. The SMILES string of the molecule is C=C(CCl)C[C@@]1(C(=O)OC)C[C@H](O[Si](C)(C)C(C)(C)C)CN1C(=O)OC(C)(C)C. The van der Waals surface area contributed by atoms with Crippen molar-refractivity contribution in [1.29, 1.82) is 0 Å². The molecule has 6 nitrogen and oxygen atoms in total. The Morgan fingerprint density at radius 2 is 1.76 bits per heavy atom.